The lowest BCUT2D eigenvalue weighted by Crippen LogP contribution is -2.41. The van der Waals surface area contributed by atoms with Crippen LogP contribution in [0.5, 0.6) is 0 Å². The average Bonchev–Trinajstić information content (AvgIpc) is 2.73. The first kappa shape index (κ1) is 19.9. The number of halogens is 1. The summed E-state index contributed by atoms with van der Waals surface area (Å²) < 4.78 is 0. The Morgan fingerprint density at radius 1 is 1.07 bits per heavy atom. The van der Waals surface area contributed by atoms with E-state index in [4.69, 9.17) is 23.8 Å². The number of nitrogens with one attached hydrogen (secondary N) is 1. The van der Waals surface area contributed by atoms with Crippen LogP contribution >= 0.6 is 23.8 Å². The largest absolute Gasteiger partial charge is 0.354 e. The molecule has 1 fully saturated rings. The number of hydrogen-bond donors (Lipinski definition) is 1. The molecule has 0 radical (unpaired) electrons. The summed E-state index contributed by atoms with van der Waals surface area (Å²) in [5, 5.41) is 15.2. The van der Waals surface area contributed by atoms with E-state index in [2.05, 4.69) is 32.6 Å². The smallest absolute Gasteiger partial charge is 0.193 e. The van der Waals surface area contributed by atoms with Crippen LogP contribution in [0.25, 0.3) is 0 Å². The molecule has 6 nitrogen and oxygen atoms in total. The molecular weight excluding hydrogens is 404 g/mol. The molecule has 8 heteroatoms. The van der Waals surface area contributed by atoms with Crippen molar-refractivity contribution in [3.8, 4) is 0 Å². The van der Waals surface area contributed by atoms with Crippen LogP contribution in [0.4, 0.5) is 5.69 Å². The highest BCUT2D eigenvalue weighted by Gasteiger charge is 2.23. The number of aliphatic imine (C=N–C) groups is 1. The van der Waals surface area contributed by atoms with Crippen LogP contribution < -0.4 is 5.32 Å². The van der Waals surface area contributed by atoms with E-state index in [-0.39, 0.29) is 6.04 Å². The molecular formula is C21H23ClN6S. The number of rotatable bonds is 4. The SMILES string of the molecule is CN1CCN(N=Nc2ccc(C3=NC(=S)NC(c4ccccc4Cl)C3)cc2)CC1. The summed E-state index contributed by atoms with van der Waals surface area (Å²) in [5.74, 6) is 0. The van der Waals surface area contributed by atoms with Crippen LogP contribution in [0.2, 0.25) is 5.02 Å². The summed E-state index contributed by atoms with van der Waals surface area (Å²) in [6.07, 6.45) is 0.714. The topological polar surface area (TPSA) is 55.6 Å². The monoisotopic (exact) mass is 426 g/mol. The maximum Gasteiger partial charge on any atom is 0.193 e. The Labute approximate surface area is 181 Å². The van der Waals surface area contributed by atoms with Crippen LogP contribution in [0.1, 0.15) is 23.6 Å². The van der Waals surface area contributed by atoms with Gasteiger partial charge in [0, 0.05) is 24.5 Å². The molecule has 0 aromatic heterocycles. The zero-order valence-electron chi connectivity index (χ0n) is 16.3. The number of thiocarbonyl (C=S) groups is 1. The lowest BCUT2D eigenvalue weighted by molar-refractivity contribution is 0.150. The van der Waals surface area contributed by atoms with E-state index in [9.17, 15) is 0 Å². The molecule has 150 valence electrons. The molecule has 2 aliphatic rings. The Kier molecular flexibility index (Phi) is 6.18. The van der Waals surface area contributed by atoms with E-state index >= 15 is 0 Å². The van der Waals surface area contributed by atoms with E-state index in [1.807, 2.05) is 53.5 Å². The summed E-state index contributed by atoms with van der Waals surface area (Å²) in [6, 6.07) is 15.8. The van der Waals surface area contributed by atoms with Gasteiger partial charge in [-0.15, -0.1) is 5.11 Å². The first-order valence-electron chi connectivity index (χ1n) is 9.66. The molecule has 0 aliphatic carbocycles. The van der Waals surface area contributed by atoms with E-state index in [0.29, 0.717) is 11.5 Å². The van der Waals surface area contributed by atoms with Crippen molar-refractivity contribution in [2.45, 2.75) is 12.5 Å². The normalized spacial score (nSPS) is 20.6. The number of likely N-dealkylation sites (N-methyl/N-ethyl adjacent to an activating group) is 1. The Balaban J connectivity index is 1.45. The first-order valence-corrected chi connectivity index (χ1v) is 10.5. The Morgan fingerprint density at radius 2 is 1.79 bits per heavy atom. The fourth-order valence-corrected chi connectivity index (χ4v) is 3.96. The Bertz CT molecular complexity index is 934. The van der Waals surface area contributed by atoms with Crippen molar-refractivity contribution in [2.24, 2.45) is 15.3 Å². The van der Waals surface area contributed by atoms with Gasteiger partial charge in [0.1, 0.15) is 0 Å². The van der Waals surface area contributed by atoms with Crippen LogP contribution in [0.3, 0.4) is 0 Å². The molecule has 2 aromatic carbocycles. The Morgan fingerprint density at radius 3 is 2.52 bits per heavy atom. The molecule has 1 unspecified atom stereocenters. The van der Waals surface area contributed by atoms with E-state index in [0.717, 1.165) is 53.7 Å². The molecule has 0 spiro atoms. The molecule has 0 amide bonds. The van der Waals surface area contributed by atoms with Crippen molar-refractivity contribution in [1.29, 1.82) is 0 Å². The van der Waals surface area contributed by atoms with Crippen molar-refractivity contribution in [1.82, 2.24) is 15.2 Å². The third-order valence-electron chi connectivity index (χ3n) is 5.18. The molecule has 1 N–H and O–H groups in total. The van der Waals surface area contributed by atoms with Crippen LogP contribution in [-0.4, -0.2) is 54.0 Å². The number of nitrogens with zero attached hydrogens (tertiary/aromatic N) is 5. The second-order valence-corrected chi connectivity index (χ2v) is 8.07. The molecule has 0 saturated carbocycles. The zero-order valence-corrected chi connectivity index (χ0v) is 17.8. The fraction of sp³-hybridized carbons (Fsp3) is 0.333. The highest BCUT2D eigenvalue weighted by molar-refractivity contribution is 7.80. The van der Waals surface area contributed by atoms with Gasteiger partial charge in [0.15, 0.2) is 5.11 Å². The van der Waals surface area contributed by atoms with Crippen molar-refractivity contribution in [2.75, 3.05) is 33.2 Å². The maximum absolute atomic E-state index is 6.37. The van der Waals surface area contributed by atoms with Gasteiger partial charge < -0.3 is 10.2 Å². The van der Waals surface area contributed by atoms with Gasteiger partial charge in [-0.25, -0.2) is 4.99 Å². The van der Waals surface area contributed by atoms with Gasteiger partial charge in [0.05, 0.1) is 30.5 Å². The average molecular weight is 427 g/mol. The minimum absolute atomic E-state index is 0.0142. The molecule has 2 aromatic rings. The standard InChI is InChI=1S/C21H23ClN6S/c1-27-10-12-28(13-11-27)26-25-16-8-6-15(7-9-16)19-14-20(24-21(29)23-19)17-4-2-3-5-18(17)22/h2-9,20H,10-14H2,1H3,(H,24,29). The number of piperazine rings is 1. The maximum atomic E-state index is 6.37. The summed E-state index contributed by atoms with van der Waals surface area (Å²) in [5.41, 5.74) is 3.83. The van der Waals surface area contributed by atoms with Crippen LogP contribution in [0.15, 0.2) is 63.9 Å². The van der Waals surface area contributed by atoms with Gasteiger partial charge in [-0.1, -0.05) is 47.2 Å². The molecule has 2 heterocycles. The summed E-state index contributed by atoms with van der Waals surface area (Å²) in [6.45, 7) is 3.84. The van der Waals surface area contributed by atoms with Crippen molar-refractivity contribution in [3.63, 3.8) is 0 Å². The highest BCUT2D eigenvalue weighted by atomic mass is 35.5. The van der Waals surface area contributed by atoms with E-state index < -0.39 is 0 Å². The van der Waals surface area contributed by atoms with Gasteiger partial charge >= 0.3 is 0 Å². The minimum Gasteiger partial charge on any atom is -0.354 e. The molecule has 1 atom stereocenters. The van der Waals surface area contributed by atoms with Gasteiger partial charge in [0.2, 0.25) is 0 Å². The number of hydrogen-bond acceptors (Lipinski definition) is 4. The van der Waals surface area contributed by atoms with Crippen LogP contribution in [0, 0.1) is 0 Å². The van der Waals surface area contributed by atoms with Crippen molar-refractivity contribution < 1.29 is 0 Å². The molecule has 2 aliphatic heterocycles. The van der Waals surface area contributed by atoms with E-state index in [1.165, 1.54) is 0 Å². The van der Waals surface area contributed by atoms with Gasteiger partial charge in [-0.2, -0.15) is 0 Å². The third-order valence-corrected chi connectivity index (χ3v) is 5.73. The first-order chi connectivity index (χ1) is 14.1. The van der Waals surface area contributed by atoms with Crippen LogP contribution in [-0.2, 0) is 0 Å². The molecule has 29 heavy (non-hydrogen) atoms. The van der Waals surface area contributed by atoms with Gasteiger partial charge in [-0.05, 0) is 48.6 Å². The predicted octanol–water partition coefficient (Wildman–Crippen LogP) is 4.39. The summed E-state index contributed by atoms with van der Waals surface area (Å²) in [7, 11) is 2.12. The van der Waals surface area contributed by atoms with Gasteiger partial charge in [-0.3, -0.25) is 5.01 Å². The fourth-order valence-electron chi connectivity index (χ4n) is 3.44. The van der Waals surface area contributed by atoms with Crippen molar-refractivity contribution in [3.05, 3.63) is 64.7 Å². The second-order valence-electron chi connectivity index (χ2n) is 7.28. The lowest BCUT2D eigenvalue weighted by atomic mass is 9.96. The van der Waals surface area contributed by atoms with E-state index in [1.54, 1.807) is 0 Å². The zero-order chi connectivity index (χ0) is 20.2. The minimum atomic E-state index is 0.0142. The van der Waals surface area contributed by atoms with Crippen molar-refractivity contribution >= 4 is 40.3 Å². The lowest BCUT2D eigenvalue weighted by Gasteiger charge is -2.29. The summed E-state index contributed by atoms with van der Waals surface area (Å²) in [4.78, 5) is 6.83. The third kappa shape index (κ3) is 4.98. The predicted molar refractivity (Wildman–Crippen MR) is 121 cm³/mol. The quantitative estimate of drug-likeness (QED) is 0.581. The number of benzene rings is 2. The Hall–Kier alpha value is -2.35. The molecule has 1 saturated heterocycles. The highest BCUT2D eigenvalue weighted by Crippen LogP contribution is 2.29. The molecule has 0 bridgehead atoms. The summed E-state index contributed by atoms with van der Waals surface area (Å²) >= 11 is 11.7. The second kappa shape index (κ2) is 8.98. The van der Waals surface area contributed by atoms with Gasteiger partial charge in [0.25, 0.3) is 0 Å². The molecule has 4 rings (SSSR count).